The molecule has 4 heterocycles. The second-order valence-electron chi connectivity index (χ2n) is 10.5. The molecule has 1 N–H and O–H groups in total. The Labute approximate surface area is 227 Å². The van der Waals surface area contributed by atoms with E-state index in [1.165, 1.54) is 6.08 Å². The maximum atomic E-state index is 12.4. The number of carbonyl (C=O) groups is 1. The molecule has 1 amide bonds. The van der Waals surface area contributed by atoms with Crippen molar-refractivity contribution < 1.29 is 4.79 Å². The Bertz CT molecular complexity index is 1560. The number of aromatic nitrogens is 3. The molecule has 2 aromatic carbocycles. The largest absolute Gasteiger partial charge is 0.365 e. The van der Waals surface area contributed by atoms with E-state index in [1.54, 1.807) is 0 Å². The minimum Gasteiger partial charge on any atom is -0.365 e. The number of fused-ring (bicyclic) bond motifs is 6. The van der Waals surface area contributed by atoms with Crippen molar-refractivity contribution in [1.82, 2.24) is 25.0 Å². The summed E-state index contributed by atoms with van der Waals surface area (Å²) in [5.74, 6) is -0.00801. The molecule has 1 atom stereocenters. The molecule has 0 bridgehead atoms. The van der Waals surface area contributed by atoms with Gasteiger partial charge in [-0.25, -0.2) is 0 Å². The number of aryl methyl sites for hydroxylation is 1. The van der Waals surface area contributed by atoms with Gasteiger partial charge in [0.25, 0.3) is 0 Å². The van der Waals surface area contributed by atoms with E-state index in [2.05, 4.69) is 70.7 Å². The van der Waals surface area contributed by atoms with Gasteiger partial charge in [0, 0.05) is 60.6 Å². The zero-order valence-electron chi connectivity index (χ0n) is 22.0. The number of hydrogen-bond donors (Lipinski definition) is 1. The number of nitrogens with zero attached hydrogens (tertiary/aromatic N) is 6. The summed E-state index contributed by atoms with van der Waals surface area (Å²) in [6.07, 6.45) is 5.28. The first-order valence-electron chi connectivity index (χ1n) is 13.0. The predicted octanol–water partition coefficient (Wildman–Crippen LogP) is 4.32. The van der Waals surface area contributed by atoms with Gasteiger partial charge in [-0.15, -0.1) is 0 Å². The van der Waals surface area contributed by atoms with Crippen LogP contribution in [0.5, 0.6) is 0 Å². The molecule has 2 aromatic heterocycles. The van der Waals surface area contributed by atoms with Crippen LogP contribution in [0.4, 0.5) is 11.4 Å². The van der Waals surface area contributed by atoms with Gasteiger partial charge in [-0.2, -0.15) is 5.10 Å². The lowest BCUT2D eigenvalue weighted by Crippen LogP contribution is -2.61. The van der Waals surface area contributed by atoms with Gasteiger partial charge in [-0.3, -0.25) is 14.9 Å². The maximum Gasteiger partial charge on any atom is 0.246 e. The van der Waals surface area contributed by atoms with Crippen molar-refractivity contribution in [3.05, 3.63) is 59.9 Å². The van der Waals surface area contributed by atoms with E-state index in [1.807, 2.05) is 23.4 Å². The lowest BCUT2D eigenvalue weighted by atomic mass is 9.94. The Morgan fingerprint density at radius 2 is 2.05 bits per heavy atom. The summed E-state index contributed by atoms with van der Waals surface area (Å²) in [5.41, 5.74) is 7.32. The molecular formula is C29H32ClN7O. The summed E-state index contributed by atoms with van der Waals surface area (Å²) in [6, 6.07) is 8.49. The van der Waals surface area contributed by atoms with Crippen LogP contribution < -0.4 is 9.80 Å². The molecule has 4 aromatic rings. The summed E-state index contributed by atoms with van der Waals surface area (Å²) in [4.78, 5) is 26.4. The van der Waals surface area contributed by atoms with Gasteiger partial charge in [0.05, 0.1) is 40.8 Å². The van der Waals surface area contributed by atoms with Crippen LogP contribution in [-0.2, 0) is 4.79 Å². The van der Waals surface area contributed by atoms with Gasteiger partial charge in [-0.1, -0.05) is 24.2 Å². The van der Waals surface area contributed by atoms with E-state index in [0.717, 1.165) is 76.1 Å². The number of H-pyrrole nitrogens is 1. The number of pyridine rings is 1. The van der Waals surface area contributed by atoms with E-state index < -0.39 is 0 Å². The molecule has 1 fully saturated rings. The van der Waals surface area contributed by atoms with Gasteiger partial charge in [0.1, 0.15) is 0 Å². The first-order valence-corrected chi connectivity index (χ1v) is 13.4. The number of nitrogens with one attached hydrogen (secondary N) is 1. The Hall–Kier alpha value is -3.62. The molecule has 196 valence electrons. The average molecular weight is 530 g/mol. The van der Waals surface area contributed by atoms with Crippen LogP contribution in [0.1, 0.15) is 5.56 Å². The number of hydrogen-bond acceptors (Lipinski definition) is 6. The lowest BCUT2D eigenvalue weighted by molar-refractivity contribution is -0.126. The molecule has 2 aliphatic heterocycles. The minimum atomic E-state index is -0.00801. The topological polar surface area (TPSA) is 71.6 Å². The molecule has 2 aliphatic rings. The van der Waals surface area contributed by atoms with Crippen LogP contribution >= 0.6 is 11.6 Å². The highest BCUT2D eigenvalue weighted by Crippen LogP contribution is 2.45. The van der Waals surface area contributed by atoms with Crippen molar-refractivity contribution >= 4 is 50.7 Å². The molecule has 8 nitrogen and oxygen atoms in total. The van der Waals surface area contributed by atoms with E-state index in [4.69, 9.17) is 16.6 Å². The van der Waals surface area contributed by atoms with Crippen LogP contribution in [-0.4, -0.2) is 90.3 Å². The van der Waals surface area contributed by atoms with Crippen molar-refractivity contribution in [2.45, 2.75) is 13.0 Å². The number of halogens is 1. The highest BCUT2D eigenvalue weighted by molar-refractivity contribution is 6.35. The Balaban J connectivity index is 1.49. The lowest BCUT2D eigenvalue weighted by Gasteiger charge is -2.49. The number of benzene rings is 2. The van der Waals surface area contributed by atoms with Gasteiger partial charge < -0.3 is 19.6 Å². The molecular weight excluding hydrogens is 498 g/mol. The smallest absolute Gasteiger partial charge is 0.246 e. The van der Waals surface area contributed by atoms with Crippen molar-refractivity contribution in [1.29, 1.82) is 0 Å². The maximum absolute atomic E-state index is 12.4. The fourth-order valence-electron chi connectivity index (χ4n) is 5.92. The number of aromatic amines is 1. The van der Waals surface area contributed by atoms with Gasteiger partial charge in [0.2, 0.25) is 5.91 Å². The summed E-state index contributed by atoms with van der Waals surface area (Å²) in [6.45, 7) is 10.5. The number of amides is 1. The highest BCUT2D eigenvalue weighted by atomic mass is 35.5. The molecule has 0 radical (unpaired) electrons. The molecule has 0 saturated carbocycles. The van der Waals surface area contributed by atoms with E-state index >= 15 is 0 Å². The van der Waals surface area contributed by atoms with E-state index in [0.29, 0.717) is 18.1 Å². The second kappa shape index (κ2) is 9.60. The third-order valence-electron chi connectivity index (χ3n) is 7.86. The summed E-state index contributed by atoms with van der Waals surface area (Å²) in [7, 11) is 4.18. The number of rotatable bonds is 5. The number of likely N-dealkylation sites (N-methyl/N-ethyl adjacent to an activating group) is 1. The number of piperazine rings is 1. The zero-order valence-corrected chi connectivity index (χ0v) is 22.8. The summed E-state index contributed by atoms with van der Waals surface area (Å²) in [5, 5.41) is 10.1. The third-order valence-corrected chi connectivity index (χ3v) is 8.17. The third kappa shape index (κ3) is 4.08. The van der Waals surface area contributed by atoms with Crippen LogP contribution in [0.15, 0.2) is 49.3 Å². The minimum absolute atomic E-state index is 0.00801. The van der Waals surface area contributed by atoms with E-state index in [9.17, 15) is 4.79 Å². The molecule has 0 aliphatic carbocycles. The fraction of sp³-hybridized carbons (Fsp3) is 0.345. The second-order valence-corrected chi connectivity index (χ2v) is 10.9. The van der Waals surface area contributed by atoms with Crippen molar-refractivity contribution in [2.24, 2.45) is 0 Å². The molecule has 9 heteroatoms. The molecule has 0 unspecified atom stereocenters. The monoisotopic (exact) mass is 529 g/mol. The Morgan fingerprint density at radius 3 is 2.84 bits per heavy atom. The normalized spacial score (nSPS) is 17.3. The van der Waals surface area contributed by atoms with Crippen LogP contribution in [0, 0.1) is 6.92 Å². The number of carbonyl (C=O) groups excluding carboxylic acids is 1. The predicted molar refractivity (Wildman–Crippen MR) is 155 cm³/mol. The van der Waals surface area contributed by atoms with Crippen molar-refractivity contribution in [3.8, 4) is 11.1 Å². The van der Waals surface area contributed by atoms with Crippen LogP contribution in [0.3, 0.4) is 0 Å². The quantitative estimate of drug-likeness (QED) is 0.388. The van der Waals surface area contributed by atoms with E-state index in [-0.39, 0.29) is 11.9 Å². The first-order chi connectivity index (χ1) is 18.4. The molecule has 38 heavy (non-hydrogen) atoms. The van der Waals surface area contributed by atoms with Crippen molar-refractivity contribution in [2.75, 3.05) is 63.2 Å². The summed E-state index contributed by atoms with van der Waals surface area (Å²) < 4.78 is 0. The van der Waals surface area contributed by atoms with Crippen LogP contribution in [0.2, 0.25) is 5.02 Å². The molecule has 0 spiro atoms. The average Bonchev–Trinajstić information content (AvgIpc) is 3.39. The molecule has 1 saturated heterocycles. The SMILES string of the molecule is C=CC(=O)N1CCN2c3c(cnc4cc(-c5c(C)ccc6[nH]ncc56)c(Cl)cc34)N(CCN(C)C)C[C@H]2C1. The Kier molecular flexibility index (Phi) is 6.24. The standard InChI is InChI=1S/C29H32ClN7O/c1-5-27(38)36-10-11-37-19(17-36)16-35(9-8-34(3)4)26-15-31-25-13-20(23(30)12-21(25)29(26)37)28-18(2)6-7-24-22(28)14-32-33-24/h5-7,12-15,19H,1,8-11,16-17H2,2-4H3,(H,32,33)/t19-/m0/s1. The van der Waals surface area contributed by atoms with Crippen molar-refractivity contribution in [3.63, 3.8) is 0 Å². The van der Waals surface area contributed by atoms with Gasteiger partial charge in [0.15, 0.2) is 0 Å². The number of anilines is 2. The van der Waals surface area contributed by atoms with Gasteiger partial charge >= 0.3 is 0 Å². The molecule has 6 rings (SSSR count). The highest BCUT2D eigenvalue weighted by Gasteiger charge is 2.37. The Morgan fingerprint density at radius 1 is 1.21 bits per heavy atom. The zero-order chi connectivity index (χ0) is 26.6. The first kappa shape index (κ1) is 24.7. The van der Waals surface area contributed by atoms with Crippen LogP contribution in [0.25, 0.3) is 32.9 Å². The van der Waals surface area contributed by atoms with Gasteiger partial charge in [-0.05, 0) is 56.4 Å². The summed E-state index contributed by atoms with van der Waals surface area (Å²) >= 11 is 7.06. The fourth-order valence-corrected chi connectivity index (χ4v) is 6.18.